The summed E-state index contributed by atoms with van der Waals surface area (Å²) in [7, 11) is 0. The Balaban J connectivity index is 1.62. The lowest BCUT2D eigenvalue weighted by Crippen LogP contribution is -2.54. The zero-order valence-electron chi connectivity index (χ0n) is 15.6. The van der Waals surface area contributed by atoms with Gasteiger partial charge in [0.1, 0.15) is 0 Å². The Morgan fingerprint density at radius 2 is 1.93 bits per heavy atom. The van der Waals surface area contributed by atoms with Gasteiger partial charge in [-0.3, -0.25) is 14.4 Å². The van der Waals surface area contributed by atoms with Crippen molar-refractivity contribution in [1.29, 1.82) is 0 Å². The van der Waals surface area contributed by atoms with Crippen LogP contribution in [0, 0.1) is 12.8 Å². The number of carbonyl (C=O) groups is 3. The van der Waals surface area contributed by atoms with Crippen molar-refractivity contribution in [2.24, 2.45) is 5.92 Å². The molecule has 0 aliphatic carbocycles. The van der Waals surface area contributed by atoms with Gasteiger partial charge in [-0.25, -0.2) is 0 Å². The molecule has 0 saturated carbocycles. The van der Waals surface area contributed by atoms with E-state index in [2.05, 4.69) is 5.32 Å². The second kappa shape index (κ2) is 8.08. The summed E-state index contributed by atoms with van der Waals surface area (Å²) < 4.78 is 5.32. The van der Waals surface area contributed by atoms with Crippen LogP contribution in [0.5, 0.6) is 0 Å². The maximum atomic E-state index is 12.8. The quantitative estimate of drug-likeness (QED) is 0.786. The molecule has 0 spiro atoms. The van der Waals surface area contributed by atoms with E-state index in [1.165, 1.54) is 0 Å². The highest BCUT2D eigenvalue weighted by Crippen LogP contribution is 2.27. The van der Waals surface area contributed by atoms with Crippen LogP contribution in [0.2, 0.25) is 0 Å². The topological polar surface area (TPSA) is 95.9 Å². The smallest absolute Gasteiger partial charge is 0.305 e. The number of ether oxygens (including phenoxy) is 1. The molecule has 1 atom stereocenters. The normalized spacial score (nSPS) is 21.9. The van der Waals surface area contributed by atoms with Gasteiger partial charge in [-0.1, -0.05) is 29.8 Å². The van der Waals surface area contributed by atoms with E-state index in [1.807, 2.05) is 31.2 Å². The first-order chi connectivity index (χ1) is 12.9. The van der Waals surface area contributed by atoms with Crippen molar-refractivity contribution < 1.29 is 24.2 Å². The van der Waals surface area contributed by atoms with E-state index < -0.39 is 17.4 Å². The van der Waals surface area contributed by atoms with Gasteiger partial charge in [0.15, 0.2) is 0 Å². The molecule has 3 rings (SSSR count). The minimum atomic E-state index is -0.944. The highest BCUT2D eigenvalue weighted by molar-refractivity contribution is 5.89. The minimum absolute atomic E-state index is 0.0463. The molecule has 27 heavy (non-hydrogen) atoms. The van der Waals surface area contributed by atoms with E-state index in [9.17, 15) is 19.5 Å². The fourth-order valence-corrected chi connectivity index (χ4v) is 3.78. The Bertz CT molecular complexity index is 710. The van der Waals surface area contributed by atoms with Gasteiger partial charge in [0.25, 0.3) is 0 Å². The van der Waals surface area contributed by atoms with Crippen LogP contribution < -0.4 is 5.32 Å². The maximum absolute atomic E-state index is 12.8. The molecule has 1 aromatic carbocycles. The summed E-state index contributed by atoms with van der Waals surface area (Å²) in [6.07, 6.45) is 0.977. The first kappa shape index (κ1) is 19.4. The Morgan fingerprint density at radius 3 is 2.56 bits per heavy atom. The molecule has 1 unspecified atom stereocenters. The van der Waals surface area contributed by atoms with Gasteiger partial charge >= 0.3 is 5.97 Å². The van der Waals surface area contributed by atoms with Crippen molar-refractivity contribution >= 4 is 17.8 Å². The Hall–Kier alpha value is -2.41. The molecule has 2 saturated heterocycles. The number of carboxylic acids is 1. The third-order valence-electron chi connectivity index (χ3n) is 5.41. The van der Waals surface area contributed by atoms with Crippen LogP contribution >= 0.6 is 0 Å². The third-order valence-corrected chi connectivity index (χ3v) is 5.41. The summed E-state index contributed by atoms with van der Waals surface area (Å²) in [6, 6.07) is 7.97. The van der Waals surface area contributed by atoms with E-state index in [-0.39, 0.29) is 24.7 Å². The van der Waals surface area contributed by atoms with Crippen LogP contribution in [0.15, 0.2) is 24.3 Å². The van der Waals surface area contributed by atoms with E-state index in [0.717, 1.165) is 11.1 Å². The van der Waals surface area contributed by atoms with Gasteiger partial charge in [0.05, 0.1) is 17.9 Å². The molecule has 2 aliphatic rings. The van der Waals surface area contributed by atoms with Crippen molar-refractivity contribution in [3.05, 3.63) is 35.4 Å². The van der Waals surface area contributed by atoms with Crippen LogP contribution in [-0.2, 0) is 25.7 Å². The SMILES string of the molecule is Cc1ccc(CN2CC(C(=O)NC3(CC(=O)O)CCOCC3)CC2=O)cc1. The molecule has 2 amide bonds. The Morgan fingerprint density at radius 1 is 1.26 bits per heavy atom. The molecule has 2 N–H and O–H groups in total. The zero-order chi connectivity index (χ0) is 19.4. The largest absolute Gasteiger partial charge is 0.481 e. The average molecular weight is 374 g/mol. The van der Waals surface area contributed by atoms with Crippen molar-refractivity contribution in [3.8, 4) is 0 Å². The molecule has 2 aliphatic heterocycles. The van der Waals surface area contributed by atoms with E-state index >= 15 is 0 Å². The van der Waals surface area contributed by atoms with Crippen LogP contribution in [0.3, 0.4) is 0 Å². The number of carboxylic acid groups (broad SMARTS) is 1. The first-order valence-corrected chi connectivity index (χ1v) is 9.32. The number of aryl methyl sites for hydroxylation is 1. The lowest BCUT2D eigenvalue weighted by molar-refractivity contribution is -0.141. The van der Waals surface area contributed by atoms with Gasteiger partial charge in [0, 0.05) is 32.7 Å². The molecule has 0 bridgehead atoms. The average Bonchev–Trinajstić information content (AvgIpc) is 2.98. The number of nitrogens with zero attached hydrogens (tertiary/aromatic N) is 1. The van der Waals surface area contributed by atoms with Crippen LogP contribution in [0.25, 0.3) is 0 Å². The second-order valence-corrected chi connectivity index (χ2v) is 7.61. The van der Waals surface area contributed by atoms with Crippen molar-refractivity contribution in [1.82, 2.24) is 10.2 Å². The lowest BCUT2D eigenvalue weighted by Gasteiger charge is -2.37. The van der Waals surface area contributed by atoms with Gasteiger partial charge in [-0.2, -0.15) is 0 Å². The van der Waals surface area contributed by atoms with Crippen LogP contribution in [0.1, 0.15) is 36.8 Å². The van der Waals surface area contributed by atoms with Gasteiger partial charge in [-0.15, -0.1) is 0 Å². The summed E-state index contributed by atoms with van der Waals surface area (Å²) in [5, 5.41) is 12.2. The zero-order valence-corrected chi connectivity index (χ0v) is 15.6. The number of aliphatic carboxylic acids is 1. The van der Waals surface area contributed by atoms with E-state index in [1.54, 1.807) is 4.90 Å². The van der Waals surface area contributed by atoms with Crippen molar-refractivity contribution in [3.63, 3.8) is 0 Å². The van der Waals surface area contributed by atoms with Gasteiger partial charge < -0.3 is 20.1 Å². The van der Waals surface area contributed by atoms with Gasteiger partial charge in [-0.05, 0) is 25.3 Å². The fourth-order valence-electron chi connectivity index (χ4n) is 3.78. The Labute approximate surface area is 158 Å². The van der Waals surface area contributed by atoms with Crippen molar-refractivity contribution in [2.45, 2.75) is 44.7 Å². The highest BCUT2D eigenvalue weighted by atomic mass is 16.5. The predicted molar refractivity (Wildman–Crippen MR) is 97.9 cm³/mol. The monoisotopic (exact) mass is 374 g/mol. The predicted octanol–water partition coefficient (Wildman–Crippen LogP) is 1.48. The number of rotatable bonds is 6. The van der Waals surface area contributed by atoms with Crippen LogP contribution in [0.4, 0.5) is 0 Å². The summed E-state index contributed by atoms with van der Waals surface area (Å²) in [6.45, 7) is 3.71. The molecular weight excluding hydrogens is 348 g/mol. The van der Waals surface area contributed by atoms with E-state index in [4.69, 9.17) is 4.74 Å². The standard InChI is InChI=1S/C20H26N2O5/c1-14-2-4-15(5-3-14)12-22-13-16(10-17(22)23)19(26)21-20(11-18(24)25)6-8-27-9-7-20/h2-5,16H,6-13H2,1H3,(H,21,26)(H,24,25). The fraction of sp³-hybridized carbons (Fsp3) is 0.550. The molecule has 1 aromatic rings. The first-order valence-electron chi connectivity index (χ1n) is 9.32. The third kappa shape index (κ3) is 4.86. The number of likely N-dealkylation sites (tertiary alicyclic amines) is 1. The van der Waals surface area contributed by atoms with E-state index in [0.29, 0.717) is 39.1 Å². The molecule has 0 radical (unpaired) electrons. The molecule has 0 aromatic heterocycles. The number of benzene rings is 1. The minimum Gasteiger partial charge on any atom is -0.481 e. The molecule has 2 heterocycles. The summed E-state index contributed by atoms with van der Waals surface area (Å²) in [5.74, 6) is -1.68. The van der Waals surface area contributed by atoms with Gasteiger partial charge in [0.2, 0.25) is 11.8 Å². The number of carbonyl (C=O) groups excluding carboxylic acids is 2. The highest BCUT2D eigenvalue weighted by Gasteiger charge is 2.41. The molecule has 146 valence electrons. The molecule has 7 heteroatoms. The second-order valence-electron chi connectivity index (χ2n) is 7.61. The lowest BCUT2D eigenvalue weighted by atomic mass is 9.85. The number of hydrogen-bond acceptors (Lipinski definition) is 4. The van der Waals surface area contributed by atoms with Crippen molar-refractivity contribution in [2.75, 3.05) is 19.8 Å². The maximum Gasteiger partial charge on any atom is 0.305 e. The summed E-state index contributed by atoms with van der Waals surface area (Å²) >= 11 is 0. The molecule has 7 nitrogen and oxygen atoms in total. The summed E-state index contributed by atoms with van der Waals surface area (Å²) in [5.41, 5.74) is 1.40. The molecular formula is C20H26N2O5. The molecule has 2 fully saturated rings. The number of hydrogen-bond donors (Lipinski definition) is 2. The number of amides is 2. The van der Waals surface area contributed by atoms with Crippen LogP contribution in [-0.4, -0.2) is 53.1 Å². The number of nitrogens with one attached hydrogen (secondary N) is 1. The summed E-state index contributed by atoms with van der Waals surface area (Å²) in [4.78, 5) is 38.1. The Kier molecular flexibility index (Phi) is 5.79.